The van der Waals surface area contributed by atoms with Crippen molar-refractivity contribution in [3.8, 4) is 11.5 Å². The zero-order chi connectivity index (χ0) is 25.5. The summed E-state index contributed by atoms with van der Waals surface area (Å²) >= 11 is 1.36. The lowest BCUT2D eigenvalue weighted by Crippen LogP contribution is -2.25. The summed E-state index contributed by atoms with van der Waals surface area (Å²) in [6.45, 7) is 3.96. The minimum atomic E-state index is -4.41. The van der Waals surface area contributed by atoms with Crippen molar-refractivity contribution in [2.75, 3.05) is 13.3 Å². The molecule has 1 aromatic heterocycles. The highest BCUT2D eigenvalue weighted by Crippen LogP contribution is 2.33. The number of carbonyl (C=O) groups is 1. The summed E-state index contributed by atoms with van der Waals surface area (Å²) in [5.41, 5.74) is 1.14. The molecule has 6 nitrogen and oxygen atoms in total. The maximum atomic E-state index is 13.3. The molecule has 0 radical (unpaired) electrons. The van der Waals surface area contributed by atoms with Gasteiger partial charge in [0.05, 0.1) is 12.1 Å². The number of unbranched alkanes of at least 4 members (excludes halogenated alkanes) is 2. The average Bonchev–Trinajstić information content (AvgIpc) is 3.51. The molecule has 1 aliphatic heterocycles. The van der Waals surface area contributed by atoms with Crippen LogP contribution in [-0.2, 0) is 25.8 Å². The van der Waals surface area contributed by atoms with Gasteiger partial charge in [0.25, 0.3) is 5.91 Å². The van der Waals surface area contributed by atoms with Crippen molar-refractivity contribution in [2.45, 2.75) is 52.0 Å². The van der Waals surface area contributed by atoms with Gasteiger partial charge in [-0.05, 0) is 35.7 Å². The molecule has 0 bridgehead atoms. The van der Waals surface area contributed by atoms with Gasteiger partial charge in [-0.15, -0.1) is 11.3 Å². The number of ether oxygens (including phenoxy) is 2. The lowest BCUT2D eigenvalue weighted by molar-refractivity contribution is -0.137. The molecule has 0 saturated carbocycles. The lowest BCUT2D eigenvalue weighted by Gasteiger charge is -2.22. The first kappa shape index (κ1) is 26.0. The summed E-state index contributed by atoms with van der Waals surface area (Å²) in [5, 5.41) is 5.31. The summed E-state index contributed by atoms with van der Waals surface area (Å²) in [6, 6.07) is 10.9. The van der Waals surface area contributed by atoms with Crippen molar-refractivity contribution in [3.05, 3.63) is 75.2 Å². The van der Waals surface area contributed by atoms with Crippen molar-refractivity contribution < 1.29 is 27.4 Å². The smallest absolute Gasteiger partial charge is 0.416 e. The number of benzene rings is 2. The SMILES string of the molecule is CCCCCNC(=O)c1csc(CN(Cc2cccc(C(F)(F)F)c2)Cc2ccc3c(c2)OCO3)n1. The Morgan fingerprint density at radius 1 is 1.06 bits per heavy atom. The number of aromatic nitrogens is 1. The first-order valence-corrected chi connectivity index (χ1v) is 12.7. The van der Waals surface area contributed by atoms with Crippen LogP contribution < -0.4 is 14.8 Å². The molecule has 2 aromatic carbocycles. The van der Waals surface area contributed by atoms with E-state index in [2.05, 4.69) is 17.2 Å². The third-order valence-corrected chi connectivity index (χ3v) is 6.55. The van der Waals surface area contributed by atoms with E-state index in [0.717, 1.165) is 30.9 Å². The van der Waals surface area contributed by atoms with Gasteiger partial charge in [0, 0.05) is 25.0 Å². The molecule has 0 aliphatic carbocycles. The minimum absolute atomic E-state index is 0.162. The van der Waals surface area contributed by atoms with Crippen LogP contribution in [0.25, 0.3) is 0 Å². The van der Waals surface area contributed by atoms with Gasteiger partial charge in [0.15, 0.2) is 11.5 Å². The number of carbonyl (C=O) groups excluding carboxylic acids is 1. The maximum Gasteiger partial charge on any atom is 0.416 e. The topological polar surface area (TPSA) is 63.7 Å². The van der Waals surface area contributed by atoms with Crippen LogP contribution in [0.4, 0.5) is 13.2 Å². The molecule has 1 N–H and O–H groups in total. The van der Waals surface area contributed by atoms with Crippen molar-refractivity contribution in [1.29, 1.82) is 0 Å². The highest BCUT2D eigenvalue weighted by atomic mass is 32.1. The molecule has 0 saturated heterocycles. The Morgan fingerprint density at radius 3 is 2.61 bits per heavy atom. The third kappa shape index (κ3) is 6.98. The van der Waals surface area contributed by atoms with Crippen molar-refractivity contribution in [3.63, 3.8) is 0 Å². The molecule has 1 amide bonds. The van der Waals surface area contributed by atoms with Crippen molar-refractivity contribution in [2.24, 2.45) is 0 Å². The van der Waals surface area contributed by atoms with Crippen LogP contribution in [0.3, 0.4) is 0 Å². The van der Waals surface area contributed by atoms with Crippen LogP contribution in [0.1, 0.15) is 58.4 Å². The first-order valence-electron chi connectivity index (χ1n) is 11.8. The van der Waals surface area contributed by atoms with E-state index in [4.69, 9.17) is 9.47 Å². The maximum absolute atomic E-state index is 13.3. The van der Waals surface area contributed by atoms with E-state index in [1.807, 2.05) is 23.1 Å². The standard InChI is InChI=1S/C26H28F3N3O3S/c1-2-3-4-10-30-25(33)21-16-36-24(31-21)15-32(13-18-6-5-7-20(11-18)26(27,28)29)14-19-8-9-22-23(12-19)35-17-34-22/h5-9,11-12,16H,2-4,10,13-15,17H2,1H3,(H,30,33). The Labute approximate surface area is 212 Å². The number of thiazole rings is 1. The first-order chi connectivity index (χ1) is 17.3. The molecule has 3 aromatic rings. The van der Waals surface area contributed by atoms with E-state index in [9.17, 15) is 18.0 Å². The van der Waals surface area contributed by atoms with Gasteiger partial charge in [0.2, 0.25) is 6.79 Å². The largest absolute Gasteiger partial charge is 0.454 e. The second kappa shape index (κ2) is 11.7. The van der Waals surface area contributed by atoms with Crippen molar-refractivity contribution in [1.82, 2.24) is 15.2 Å². The lowest BCUT2D eigenvalue weighted by atomic mass is 10.1. The van der Waals surface area contributed by atoms with Gasteiger partial charge >= 0.3 is 6.18 Å². The molecular weight excluding hydrogens is 491 g/mol. The van der Waals surface area contributed by atoms with Gasteiger partial charge in [-0.1, -0.05) is 44.0 Å². The number of halogens is 3. The summed E-state index contributed by atoms with van der Waals surface area (Å²) in [4.78, 5) is 18.9. The quantitative estimate of drug-likeness (QED) is 0.314. The van der Waals surface area contributed by atoms with Crippen LogP contribution >= 0.6 is 11.3 Å². The normalized spacial score (nSPS) is 12.8. The van der Waals surface area contributed by atoms with Gasteiger partial charge in [-0.2, -0.15) is 13.2 Å². The second-order valence-corrected chi connectivity index (χ2v) is 9.56. The van der Waals surface area contributed by atoms with Crippen LogP contribution in [0.5, 0.6) is 11.5 Å². The van der Waals surface area contributed by atoms with E-state index in [1.165, 1.54) is 23.5 Å². The molecule has 2 heterocycles. The van der Waals surface area contributed by atoms with E-state index >= 15 is 0 Å². The fourth-order valence-corrected chi connectivity index (χ4v) is 4.73. The molecule has 1 aliphatic rings. The zero-order valence-electron chi connectivity index (χ0n) is 19.9. The number of rotatable bonds is 11. The Balaban J connectivity index is 1.49. The van der Waals surface area contributed by atoms with E-state index in [1.54, 1.807) is 11.4 Å². The Bertz CT molecular complexity index is 1180. The summed E-state index contributed by atoms with van der Waals surface area (Å²) in [6.07, 6.45) is -1.37. The fraction of sp³-hybridized carbons (Fsp3) is 0.385. The molecule has 0 atom stereocenters. The van der Waals surface area contributed by atoms with Gasteiger partial charge in [-0.25, -0.2) is 4.98 Å². The predicted molar refractivity (Wildman–Crippen MR) is 131 cm³/mol. The van der Waals surface area contributed by atoms with Crippen LogP contribution in [0.2, 0.25) is 0 Å². The molecule has 10 heteroatoms. The highest BCUT2D eigenvalue weighted by Gasteiger charge is 2.30. The second-order valence-electron chi connectivity index (χ2n) is 8.62. The Morgan fingerprint density at radius 2 is 1.83 bits per heavy atom. The fourth-order valence-electron chi connectivity index (χ4n) is 3.92. The van der Waals surface area contributed by atoms with Gasteiger partial charge in [-0.3, -0.25) is 9.69 Å². The van der Waals surface area contributed by atoms with E-state index in [-0.39, 0.29) is 19.2 Å². The molecule has 0 unspecified atom stereocenters. The molecular formula is C26H28F3N3O3S. The number of amides is 1. The number of alkyl halides is 3. The Hall–Kier alpha value is -3.11. The molecule has 0 fully saturated rings. The molecule has 4 rings (SSSR count). The number of hydrogen-bond donors (Lipinski definition) is 1. The molecule has 0 spiro atoms. The monoisotopic (exact) mass is 519 g/mol. The van der Waals surface area contributed by atoms with E-state index < -0.39 is 11.7 Å². The Kier molecular flexibility index (Phi) is 8.48. The molecule has 36 heavy (non-hydrogen) atoms. The number of hydrogen-bond acceptors (Lipinski definition) is 6. The van der Waals surface area contributed by atoms with Crippen LogP contribution in [0, 0.1) is 0 Å². The van der Waals surface area contributed by atoms with Crippen LogP contribution in [0.15, 0.2) is 47.8 Å². The summed E-state index contributed by atoms with van der Waals surface area (Å²) in [5.74, 6) is 1.09. The zero-order valence-corrected chi connectivity index (χ0v) is 20.8. The van der Waals surface area contributed by atoms with E-state index in [0.29, 0.717) is 47.4 Å². The van der Waals surface area contributed by atoms with Crippen molar-refractivity contribution >= 4 is 17.2 Å². The summed E-state index contributed by atoms with van der Waals surface area (Å²) in [7, 11) is 0. The predicted octanol–water partition coefficient (Wildman–Crippen LogP) is 6.01. The number of fused-ring (bicyclic) bond motifs is 1. The van der Waals surface area contributed by atoms with Gasteiger partial charge < -0.3 is 14.8 Å². The van der Waals surface area contributed by atoms with Gasteiger partial charge in [0.1, 0.15) is 10.7 Å². The minimum Gasteiger partial charge on any atom is -0.454 e. The average molecular weight is 520 g/mol. The molecule has 192 valence electrons. The summed E-state index contributed by atoms with van der Waals surface area (Å²) < 4.78 is 50.6. The number of nitrogens with one attached hydrogen (secondary N) is 1. The van der Waals surface area contributed by atoms with Crippen LogP contribution in [-0.4, -0.2) is 29.1 Å². The number of nitrogens with zero attached hydrogens (tertiary/aromatic N) is 2. The third-order valence-electron chi connectivity index (χ3n) is 5.71. The highest BCUT2D eigenvalue weighted by molar-refractivity contribution is 7.09.